The quantitative estimate of drug-likeness (QED) is 0.667. The van der Waals surface area contributed by atoms with Crippen LogP contribution in [0.15, 0.2) is 11.8 Å². The van der Waals surface area contributed by atoms with Gasteiger partial charge in [-0.2, -0.15) is 0 Å². The molecule has 0 aromatic rings. The maximum absolute atomic E-state index is 11.4. The molecule has 0 spiro atoms. The molecule has 1 aliphatic heterocycles. The van der Waals surface area contributed by atoms with Crippen molar-refractivity contribution in [3.63, 3.8) is 0 Å². The Morgan fingerprint density at radius 2 is 2.00 bits per heavy atom. The van der Waals surface area contributed by atoms with Crippen LogP contribution in [0.1, 0.15) is 32.1 Å². The summed E-state index contributed by atoms with van der Waals surface area (Å²) < 4.78 is 0. The molecule has 1 heterocycles. The fraction of sp³-hybridized carbons (Fsp3) is 0.700. The summed E-state index contributed by atoms with van der Waals surface area (Å²) in [5, 5.41) is 9.17. The minimum atomic E-state index is -0.174. The van der Waals surface area contributed by atoms with Crippen molar-refractivity contribution in [1.29, 1.82) is 0 Å². The largest absolute Gasteiger partial charge is 0.503 e. The Bertz CT molecular complexity index is 241. The SMILES string of the molecule is O=C1C(O)=CCN1C1CCCCC1. The molecule has 1 N–H and O–H groups in total. The Labute approximate surface area is 78.0 Å². The first-order valence-corrected chi connectivity index (χ1v) is 4.99. The zero-order chi connectivity index (χ0) is 9.26. The highest BCUT2D eigenvalue weighted by molar-refractivity contribution is 5.93. The second kappa shape index (κ2) is 3.40. The van der Waals surface area contributed by atoms with Crippen LogP contribution >= 0.6 is 0 Å². The smallest absolute Gasteiger partial charge is 0.288 e. The highest BCUT2D eigenvalue weighted by atomic mass is 16.3. The lowest BCUT2D eigenvalue weighted by Gasteiger charge is -2.30. The van der Waals surface area contributed by atoms with Crippen LogP contribution in [0.4, 0.5) is 0 Å². The molecular formula is C10H15NO2. The van der Waals surface area contributed by atoms with Crippen LogP contribution in [-0.2, 0) is 4.79 Å². The van der Waals surface area contributed by atoms with E-state index < -0.39 is 0 Å². The molecular weight excluding hydrogens is 166 g/mol. The highest BCUT2D eigenvalue weighted by Crippen LogP contribution is 2.25. The van der Waals surface area contributed by atoms with Crippen molar-refractivity contribution in [2.45, 2.75) is 38.1 Å². The van der Waals surface area contributed by atoms with E-state index in [-0.39, 0.29) is 11.7 Å². The van der Waals surface area contributed by atoms with E-state index in [4.69, 9.17) is 5.11 Å². The molecule has 0 bridgehead atoms. The van der Waals surface area contributed by atoms with Gasteiger partial charge in [-0.1, -0.05) is 19.3 Å². The lowest BCUT2D eigenvalue weighted by atomic mass is 9.94. The summed E-state index contributed by atoms with van der Waals surface area (Å²) in [4.78, 5) is 13.2. The number of hydrogen-bond acceptors (Lipinski definition) is 2. The number of carbonyl (C=O) groups is 1. The molecule has 13 heavy (non-hydrogen) atoms. The summed E-state index contributed by atoms with van der Waals surface area (Å²) in [6, 6.07) is 0.377. The van der Waals surface area contributed by atoms with Crippen LogP contribution in [0.25, 0.3) is 0 Å². The molecule has 1 aliphatic carbocycles. The average molecular weight is 181 g/mol. The van der Waals surface area contributed by atoms with Crippen LogP contribution in [-0.4, -0.2) is 28.5 Å². The molecule has 3 nitrogen and oxygen atoms in total. The van der Waals surface area contributed by atoms with E-state index in [0.29, 0.717) is 12.6 Å². The van der Waals surface area contributed by atoms with E-state index in [2.05, 4.69) is 0 Å². The summed E-state index contributed by atoms with van der Waals surface area (Å²) in [6.45, 7) is 0.606. The zero-order valence-corrected chi connectivity index (χ0v) is 7.70. The van der Waals surface area contributed by atoms with Crippen molar-refractivity contribution in [3.05, 3.63) is 11.8 Å². The Morgan fingerprint density at radius 3 is 2.54 bits per heavy atom. The molecule has 1 saturated carbocycles. The third-order valence-corrected chi connectivity index (χ3v) is 2.98. The van der Waals surface area contributed by atoms with Crippen LogP contribution < -0.4 is 0 Å². The minimum absolute atomic E-state index is 0.0643. The topological polar surface area (TPSA) is 40.5 Å². The van der Waals surface area contributed by atoms with Gasteiger partial charge in [0.2, 0.25) is 0 Å². The number of aliphatic hydroxyl groups excluding tert-OH is 1. The van der Waals surface area contributed by atoms with Gasteiger partial charge in [0.05, 0.1) is 0 Å². The molecule has 0 atom stereocenters. The second-order valence-electron chi connectivity index (χ2n) is 3.84. The third kappa shape index (κ3) is 1.55. The zero-order valence-electron chi connectivity index (χ0n) is 7.70. The van der Waals surface area contributed by atoms with Crippen LogP contribution in [0, 0.1) is 0 Å². The van der Waals surface area contributed by atoms with Gasteiger partial charge < -0.3 is 10.0 Å². The van der Waals surface area contributed by atoms with Crippen molar-refractivity contribution in [2.24, 2.45) is 0 Å². The van der Waals surface area contributed by atoms with Gasteiger partial charge in [-0.05, 0) is 18.9 Å². The van der Waals surface area contributed by atoms with Crippen molar-refractivity contribution in [1.82, 2.24) is 4.90 Å². The molecule has 72 valence electrons. The number of hydrogen-bond donors (Lipinski definition) is 1. The first-order valence-electron chi connectivity index (χ1n) is 4.99. The second-order valence-corrected chi connectivity index (χ2v) is 3.84. The van der Waals surface area contributed by atoms with Gasteiger partial charge in [0.15, 0.2) is 5.76 Å². The molecule has 0 unspecified atom stereocenters. The van der Waals surface area contributed by atoms with Gasteiger partial charge in [-0.15, -0.1) is 0 Å². The minimum Gasteiger partial charge on any atom is -0.503 e. The Hall–Kier alpha value is -0.990. The first kappa shape index (κ1) is 8.60. The molecule has 2 aliphatic rings. The van der Waals surface area contributed by atoms with E-state index >= 15 is 0 Å². The maximum atomic E-state index is 11.4. The predicted octanol–water partition coefficient (Wildman–Crippen LogP) is 1.60. The average Bonchev–Trinajstić information content (AvgIpc) is 2.49. The molecule has 2 rings (SSSR count). The van der Waals surface area contributed by atoms with Gasteiger partial charge in [0.25, 0.3) is 5.91 Å². The molecule has 0 aromatic carbocycles. The molecule has 0 saturated heterocycles. The number of rotatable bonds is 1. The van der Waals surface area contributed by atoms with Crippen LogP contribution in [0.3, 0.4) is 0 Å². The van der Waals surface area contributed by atoms with E-state index in [9.17, 15) is 4.79 Å². The van der Waals surface area contributed by atoms with E-state index in [1.54, 1.807) is 11.0 Å². The Morgan fingerprint density at radius 1 is 1.31 bits per heavy atom. The fourth-order valence-corrected chi connectivity index (χ4v) is 2.21. The first-order chi connectivity index (χ1) is 6.29. The lowest BCUT2D eigenvalue weighted by molar-refractivity contribution is -0.130. The summed E-state index contributed by atoms with van der Waals surface area (Å²) in [7, 11) is 0. The monoisotopic (exact) mass is 181 g/mol. The Balaban J connectivity index is 1.98. The van der Waals surface area contributed by atoms with Gasteiger partial charge >= 0.3 is 0 Å². The predicted molar refractivity (Wildman–Crippen MR) is 49.3 cm³/mol. The number of carbonyl (C=O) groups excluding carboxylic acids is 1. The number of amides is 1. The maximum Gasteiger partial charge on any atom is 0.288 e. The van der Waals surface area contributed by atoms with Crippen molar-refractivity contribution >= 4 is 5.91 Å². The van der Waals surface area contributed by atoms with E-state index in [1.807, 2.05) is 0 Å². The Kier molecular flexibility index (Phi) is 2.25. The third-order valence-electron chi connectivity index (χ3n) is 2.98. The molecule has 3 heteroatoms. The molecule has 0 radical (unpaired) electrons. The van der Waals surface area contributed by atoms with Crippen molar-refractivity contribution in [2.75, 3.05) is 6.54 Å². The van der Waals surface area contributed by atoms with E-state index in [1.165, 1.54) is 19.3 Å². The highest BCUT2D eigenvalue weighted by Gasteiger charge is 2.30. The number of aliphatic hydroxyl groups is 1. The summed E-state index contributed by atoms with van der Waals surface area (Å²) in [5.74, 6) is -0.238. The van der Waals surface area contributed by atoms with Gasteiger partial charge in [0.1, 0.15) is 0 Å². The normalized spacial score (nSPS) is 25.1. The van der Waals surface area contributed by atoms with E-state index in [0.717, 1.165) is 12.8 Å². The van der Waals surface area contributed by atoms with Gasteiger partial charge in [-0.25, -0.2) is 0 Å². The standard InChI is InChI=1S/C10H15NO2/c12-9-6-7-11(10(9)13)8-4-2-1-3-5-8/h6,8,12H,1-5,7H2. The number of nitrogens with zero attached hydrogens (tertiary/aromatic N) is 1. The van der Waals surface area contributed by atoms with Crippen LogP contribution in [0.2, 0.25) is 0 Å². The van der Waals surface area contributed by atoms with Gasteiger partial charge in [-0.3, -0.25) is 4.79 Å². The summed E-state index contributed by atoms with van der Waals surface area (Å²) in [6.07, 6.45) is 7.54. The fourth-order valence-electron chi connectivity index (χ4n) is 2.21. The molecule has 1 amide bonds. The molecule has 1 fully saturated rings. The van der Waals surface area contributed by atoms with Crippen molar-refractivity contribution in [3.8, 4) is 0 Å². The van der Waals surface area contributed by atoms with Gasteiger partial charge in [0, 0.05) is 12.6 Å². The summed E-state index contributed by atoms with van der Waals surface area (Å²) in [5.41, 5.74) is 0. The van der Waals surface area contributed by atoms with Crippen LogP contribution in [0.5, 0.6) is 0 Å². The summed E-state index contributed by atoms with van der Waals surface area (Å²) >= 11 is 0. The van der Waals surface area contributed by atoms with Crippen molar-refractivity contribution < 1.29 is 9.90 Å². The molecule has 0 aromatic heterocycles. The lowest BCUT2D eigenvalue weighted by Crippen LogP contribution is -2.38.